The number of carboxylic acids is 1. The first-order chi connectivity index (χ1) is 21.0. The van der Waals surface area contributed by atoms with Crippen molar-refractivity contribution in [2.45, 2.75) is 18.9 Å². The minimum Gasteiger partial charge on any atom is -0.549 e. The van der Waals surface area contributed by atoms with Gasteiger partial charge in [-0.3, -0.25) is 4.79 Å². The number of rotatable bonds is 9. The second-order valence-corrected chi connectivity index (χ2v) is 11.2. The molecule has 1 aliphatic rings. The molecule has 6 rings (SSSR count). The monoisotopic (exact) mass is 606 g/mol. The fourth-order valence-corrected chi connectivity index (χ4v) is 5.75. The van der Waals surface area contributed by atoms with E-state index in [-0.39, 0.29) is 35.5 Å². The van der Waals surface area contributed by atoms with Crippen LogP contribution in [-0.2, 0) is 22.6 Å². The first-order valence-corrected chi connectivity index (χ1v) is 14.7. The van der Waals surface area contributed by atoms with E-state index < -0.39 is 11.9 Å². The molecule has 8 heteroatoms. The largest absolute Gasteiger partial charge is 1.00 e. The number of aliphatic carboxylic acids is 1. The number of fused-ring (bicyclic) bond motifs is 1. The maximum absolute atomic E-state index is 12.9. The molecule has 1 heterocycles. The van der Waals surface area contributed by atoms with E-state index in [0.29, 0.717) is 40.1 Å². The molecule has 212 valence electrons. The van der Waals surface area contributed by atoms with Crippen LogP contribution in [0.4, 0.5) is 5.69 Å². The predicted molar refractivity (Wildman–Crippen MR) is 170 cm³/mol. The number of aliphatic imine (C=N–C) groups is 1. The van der Waals surface area contributed by atoms with Crippen LogP contribution in [0.2, 0.25) is 0 Å². The normalized spacial score (nSPS) is 15.1. The summed E-state index contributed by atoms with van der Waals surface area (Å²) >= 11 is 1.24. The summed E-state index contributed by atoms with van der Waals surface area (Å²) in [5, 5.41) is 17.3. The number of nitrogens with one attached hydrogen (secondary N) is 1. The van der Waals surface area contributed by atoms with Crippen LogP contribution in [0.25, 0.3) is 16.8 Å². The summed E-state index contributed by atoms with van der Waals surface area (Å²) in [6.45, 7) is 0.404. The molecule has 1 atom stereocenters. The average Bonchev–Trinajstić information content (AvgIpc) is 3.37. The van der Waals surface area contributed by atoms with Crippen LogP contribution >= 0.6 is 11.8 Å². The average molecular weight is 607 g/mol. The zero-order chi connectivity index (χ0) is 29.6. The molecule has 5 aromatic rings. The van der Waals surface area contributed by atoms with Crippen molar-refractivity contribution in [1.82, 2.24) is 5.32 Å². The first-order valence-electron chi connectivity index (χ1n) is 13.9. The van der Waals surface area contributed by atoms with Gasteiger partial charge in [0.2, 0.25) is 0 Å². The maximum Gasteiger partial charge on any atom is 1.00 e. The van der Waals surface area contributed by atoms with Crippen molar-refractivity contribution in [3.8, 4) is 5.75 Å². The molecule has 44 heavy (non-hydrogen) atoms. The SMILES string of the molecule is O=C1NC(=Nc2ccc(C(Cc3ccccc3)C(=O)[O-])cc2)SC1=Cc1cc2ccccc2cc1OCc1ccccc1.[Na+]. The zero-order valence-corrected chi connectivity index (χ0v) is 26.9. The molecule has 0 radical (unpaired) electrons. The quantitative estimate of drug-likeness (QED) is 0.205. The molecular formula is C36H27N2NaO4S. The number of thioether (sulfide) groups is 1. The van der Waals surface area contributed by atoms with E-state index in [0.717, 1.165) is 27.5 Å². The number of hydrogen-bond donors (Lipinski definition) is 1. The Labute approximate surface area is 282 Å². The van der Waals surface area contributed by atoms with E-state index in [4.69, 9.17) is 4.74 Å². The van der Waals surface area contributed by atoms with Gasteiger partial charge in [0, 0.05) is 17.5 Å². The first kappa shape index (κ1) is 31.3. The third-order valence-electron chi connectivity index (χ3n) is 7.15. The molecule has 0 spiro atoms. The molecule has 1 fully saturated rings. The number of carboxylic acid groups (broad SMARTS) is 1. The van der Waals surface area contributed by atoms with Crippen LogP contribution in [0.5, 0.6) is 5.75 Å². The molecule has 1 amide bonds. The number of amides is 1. The summed E-state index contributed by atoms with van der Waals surface area (Å²) in [6.07, 6.45) is 2.16. The van der Waals surface area contributed by atoms with Gasteiger partial charge in [0.1, 0.15) is 12.4 Å². The Morgan fingerprint density at radius 3 is 2.11 bits per heavy atom. The van der Waals surface area contributed by atoms with Gasteiger partial charge in [-0.1, -0.05) is 97.1 Å². The van der Waals surface area contributed by atoms with E-state index in [9.17, 15) is 14.7 Å². The molecule has 0 aliphatic carbocycles. The van der Waals surface area contributed by atoms with Crippen LogP contribution in [0.3, 0.4) is 0 Å². The second-order valence-electron chi connectivity index (χ2n) is 10.1. The number of amidine groups is 1. The van der Waals surface area contributed by atoms with Crippen LogP contribution < -0.4 is 44.7 Å². The van der Waals surface area contributed by atoms with Gasteiger partial charge >= 0.3 is 29.6 Å². The summed E-state index contributed by atoms with van der Waals surface area (Å²) < 4.78 is 6.22. The van der Waals surface area contributed by atoms with Gasteiger partial charge in [0.05, 0.1) is 10.6 Å². The third-order valence-corrected chi connectivity index (χ3v) is 8.06. The Morgan fingerprint density at radius 1 is 0.841 bits per heavy atom. The zero-order valence-electron chi connectivity index (χ0n) is 24.1. The van der Waals surface area contributed by atoms with Gasteiger partial charge in [-0.2, -0.15) is 0 Å². The number of ether oxygens (including phenoxy) is 1. The molecule has 0 aromatic heterocycles. The van der Waals surface area contributed by atoms with E-state index in [2.05, 4.69) is 10.3 Å². The minimum absolute atomic E-state index is 0. The van der Waals surface area contributed by atoms with Crippen LogP contribution in [0.1, 0.15) is 28.2 Å². The molecule has 6 nitrogen and oxygen atoms in total. The number of carbonyl (C=O) groups is 2. The standard InChI is InChI=1S/C36H28N2O4S.Na/c39-34-33(22-29-20-27-13-7-8-14-28(27)21-32(29)42-23-25-11-5-2-6-12-25)43-36(38-34)37-30-17-15-26(16-18-30)31(35(40)41)19-24-9-3-1-4-10-24;/h1-18,20-22,31H,19,23H2,(H,40,41)(H,37,38,39);/q;+1/p-1. The fourth-order valence-electron chi connectivity index (χ4n) is 4.92. The Bertz CT molecular complexity index is 1840. The second kappa shape index (κ2) is 14.6. The van der Waals surface area contributed by atoms with Gasteiger partial charge in [-0.25, -0.2) is 4.99 Å². The summed E-state index contributed by atoms with van der Waals surface area (Å²) in [5.41, 5.74) is 4.00. The molecule has 1 unspecified atom stereocenters. The summed E-state index contributed by atoms with van der Waals surface area (Å²) in [4.78, 5) is 29.9. The smallest absolute Gasteiger partial charge is 0.549 e. The number of nitrogens with zero attached hydrogens (tertiary/aromatic N) is 1. The predicted octanol–water partition coefficient (Wildman–Crippen LogP) is 3.39. The molecule has 0 saturated carbocycles. The number of benzene rings is 5. The van der Waals surface area contributed by atoms with Crippen LogP contribution in [0.15, 0.2) is 131 Å². The molecule has 1 aliphatic heterocycles. The maximum atomic E-state index is 12.9. The molecule has 0 bridgehead atoms. The number of carbonyl (C=O) groups excluding carboxylic acids is 2. The Morgan fingerprint density at radius 2 is 1.45 bits per heavy atom. The molecule has 1 N–H and O–H groups in total. The topological polar surface area (TPSA) is 90.8 Å². The van der Waals surface area contributed by atoms with Crippen molar-refractivity contribution >= 4 is 51.3 Å². The van der Waals surface area contributed by atoms with Crippen LogP contribution in [-0.4, -0.2) is 17.0 Å². The molecule has 1 saturated heterocycles. The molecular weight excluding hydrogens is 579 g/mol. The Hall–Kier alpha value is -4.14. The van der Waals surface area contributed by atoms with E-state index in [1.165, 1.54) is 11.8 Å². The van der Waals surface area contributed by atoms with Crippen molar-refractivity contribution < 1.29 is 49.0 Å². The van der Waals surface area contributed by atoms with Crippen molar-refractivity contribution in [3.05, 3.63) is 148 Å². The summed E-state index contributed by atoms with van der Waals surface area (Å²) in [6, 6.07) is 38.4. The summed E-state index contributed by atoms with van der Waals surface area (Å²) in [7, 11) is 0. The van der Waals surface area contributed by atoms with Gasteiger partial charge in [-0.15, -0.1) is 0 Å². The third kappa shape index (κ3) is 7.68. The van der Waals surface area contributed by atoms with Gasteiger partial charge in [0.25, 0.3) is 5.91 Å². The van der Waals surface area contributed by atoms with E-state index in [1.807, 2.05) is 103 Å². The Balaban J connectivity index is 0.00000384. The Kier molecular flexibility index (Phi) is 10.4. The summed E-state index contributed by atoms with van der Waals surface area (Å²) in [5.74, 6) is -1.47. The van der Waals surface area contributed by atoms with Crippen molar-refractivity contribution in [2.24, 2.45) is 4.99 Å². The van der Waals surface area contributed by atoms with Gasteiger partial charge < -0.3 is 20.0 Å². The van der Waals surface area contributed by atoms with Gasteiger partial charge in [-0.05, 0) is 76.0 Å². The number of hydrogen-bond acceptors (Lipinski definition) is 6. The minimum atomic E-state index is -1.13. The van der Waals surface area contributed by atoms with E-state index >= 15 is 0 Å². The van der Waals surface area contributed by atoms with E-state index in [1.54, 1.807) is 24.3 Å². The fraction of sp³-hybridized carbons (Fsp3) is 0.0833. The molecule has 5 aromatic carbocycles. The van der Waals surface area contributed by atoms with Gasteiger partial charge in [0.15, 0.2) is 5.17 Å². The van der Waals surface area contributed by atoms with Crippen molar-refractivity contribution in [3.63, 3.8) is 0 Å². The van der Waals surface area contributed by atoms with Crippen molar-refractivity contribution in [2.75, 3.05) is 0 Å². The van der Waals surface area contributed by atoms with Crippen molar-refractivity contribution in [1.29, 1.82) is 0 Å². The van der Waals surface area contributed by atoms with Crippen LogP contribution in [0, 0.1) is 0 Å².